The molecule has 0 aromatic heterocycles. The van der Waals surface area contributed by atoms with E-state index in [4.69, 9.17) is 0 Å². The van der Waals surface area contributed by atoms with Crippen molar-refractivity contribution in [3.8, 4) is 0 Å². The van der Waals surface area contributed by atoms with Gasteiger partial charge in [-0.15, -0.1) is 0 Å². The molecule has 4 nitrogen and oxygen atoms in total. The van der Waals surface area contributed by atoms with E-state index >= 15 is 0 Å². The number of piperidine rings is 1. The molecule has 18 heavy (non-hydrogen) atoms. The van der Waals surface area contributed by atoms with Crippen molar-refractivity contribution in [1.82, 2.24) is 10.2 Å². The molecule has 0 aromatic carbocycles. The molecule has 0 bridgehead atoms. The van der Waals surface area contributed by atoms with Gasteiger partial charge in [0, 0.05) is 18.8 Å². The van der Waals surface area contributed by atoms with Crippen LogP contribution in [0.1, 0.15) is 12.8 Å². The van der Waals surface area contributed by atoms with E-state index in [0.717, 1.165) is 11.8 Å². The van der Waals surface area contributed by atoms with Crippen LogP contribution in [0.15, 0.2) is 0 Å². The predicted molar refractivity (Wildman–Crippen MR) is 60.1 cm³/mol. The minimum atomic E-state index is -4.26. The van der Waals surface area contributed by atoms with Gasteiger partial charge in [0.2, 0.25) is 5.91 Å². The lowest BCUT2D eigenvalue weighted by Crippen LogP contribution is -2.51. The van der Waals surface area contributed by atoms with E-state index in [9.17, 15) is 22.8 Å². The number of halogens is 3. The summed E-state index contributed by atoms with van der Waals surface area (Å²) in [7, 11) is 0. The zero-order valence-corrected chi connectivity index (χ0v) is 10.3. The van der Waals surface area contributed by atoms with Gasteiger partial charge in [-0.05, 0) is 12.8 Å². The second-order valence-corrected chi connectivity index (χ2v) is 5.45. The monoisotopic (exact) mass is 282 g/mol. The van der Waals surface area contributed by atoms with Crippen LogP contribution in [-0.2, 0) is 4.79 Å². The maximum Gasteiger partial charge on any atom is 0.393 e. The van der Waals surface area contributed by atoms with Gasteiger partial charge < -0.3 is 10.2 Å². The average molecular weight is 282 g/mol. The lowest BCUT2D eigenvalue weighted by Gasteiger charge is -2.34. The molecule has 0 saturated carbocycles. The molecule has 2 aliphatic heterocycles. The first kappa shape index (κ1) is 13.5. The van der Waals surface area contributed by atoms with Crippen molar-refractivity contribution in [2.75, 3.05) is 18.8 Å². The Bertz CT molecular complexity index is 362. The van der Waals surface area contributed by atoms with Crippen LogP contribution in [0.25, 0.3) is 0 Å². The topological polar surface area (TPSA) is 49.4 Å². The fourth-order valence-corrected chi connectivity index (χ4v) is 2.95. The molecule has 2 amide bonds. The lowest BCUT2D eigenvalue weighted by molar-refractivity contribution is -0.188. The van der Waals surface area contributed by atoms with Crippen LogP contribution < -0.4 is 5.32 Å². The Balaban J connectivity index is 1.96. The molecule has 1 N–H and O–H groups in total. The van der Waals surface area contributed by atoms with Gasteiger partial charge >= 0.3 is 6.18 Å². The van der Waals surface area contributed by atoms with Crippen LogP contribution in [0.5, 0.6) is 0 Å². The number of nitrogens with one attached hydrogen (secondary N) is 1. The Morgan fingerprint density at radius 1 is 1.44 bits per heavy atom. The maximum atomic E-state index is 12.6. The third kappa shape index (κ3) is 2.90. The normalized spacial score (nSPS) is 29.3. The molecule has 2 saturated heterocycles. The zero-order chi connectivity index (χ0) is 13.3. The van der Waals surface area contributed by atoms with Crippen molar-refractivity contribution in [3.63, 3.8) is 0 Å². The van der Waals surface area contributed by atoms with Gasteiger partial charge in [0.1, 0.15) is 6.04 Å². The van der Waals surface area contributed by atoms with E-state index in [0.29, 0.717) is 18.7 Å². The van der Waals surface area contributed by atoms with Crippen LogP contribution in [0.2, 0.25) is 0 Å². The summed E-state index contributed by atoms with van der Waals surface area (Å²) in [5, 5.41) is 2.16. The first-order valence-electron chi connectivity index (χ1n) is 5.66. The Labute approximate surface area is 106 Å². The Hall–Kier alpha value is -0.920. The largest absolute Gasteiger partial charge is 0.393 e. The minimum Gasteiger partial charge on any atom is -0.340 e. The van der Waals surface area contributed by atoms with Crippen LogP contribution in [0, 0.1) is 5.92 Å². The SMILES string of the molecule is O=C1NC(C(=O)N2CCCC(C(F)(F)F)C2)CS1. The highest BCUT2D eigenvalue weighted by Crippen LogP contribution is 2.33. The molecule has 0 spiro atoms. The molecule has 2 atom stereocenters. The quantitative estimate of drug-likeness (QED) is 0.795. The van der Waals surface area contributed by atoms with Gasteiger partial charge in [0.15, 0.2) is 0 Å². The number of carbonyl (C=O) groups is 2. The molecular formula is C10H13F3N2O2S. The van der Waals surface area contributed by atoms with E-state index in [-0.39, 0.29) is 18.2 Å². The summed E-state index contributed by atoms with van der Waals surface area (Å²) in [6.45, 7) is 0.0435. The highest BCUT2D eigenvalue weighted by Gasteiger charge is 2.44. The van der Waals surface area contributed by atoms with Crippen molar-refractivity contribution < 1.29 is 22.8 Å². The maximum absolute atomic E-state index is 12.6. The minimum absolute atomic E-state index is 0.0685. The summed E-state index contributed by atoms with van der Waals surface area (Å²) in [4.78, 5) is 24.1. The molecule has 0 radical (unpaired) electrons. The van der Waals surface area contributed by atoms with E-state index in [2.05, 4.69) is 5.32 Å². The summed E-state index contributed by atoms with van der Waals surface area (Å²) in [6.07, 6.45) is -3.84. The third-order valence-corrected chi connectivity index (χ3v) is 4.05. The van der Waals surface area contributed by atoms with E-state index in [1.165, 1.54) is 4.90 Å². The molecule has 2 rings (SSSR count). The molecule has 102 valence electrons. The summed E-state index contributed by atoms with van der Waals surface area (Å²) in [5.74, 6) is -1.55. The van der Waals surface area contributed by atoms with Crippen LogP contribution in [0.3, 0.4) is 0 Å². The van der Waals surface area contributed by atoms with Gasteiger partial charge in [-0.1, -0.05) is 11.8 Å². The standard InChI is InChI=1S/C10H13F3N2O2S/c11-10(12,13)6-2-1-3-15(4-6)8(16)7-5-18-9(17)14-7/h6-7H,1-5H2,(H,14,17). The summed E-state index contributed by atoms with van der Waals surface area (Å²) in [6, 6.07) is -0.672. The van der Waals surface area contributed by atoms with Crippen LogP contribution >= 0.6 is 11.8 Å². The highest BCUT2D eigenvalue weighted by atomic mass is 32.2. The van der Waals surface area contributed by atoms with Crippen molar-refractivity contribution in [2.24, 2.45) is 5.92 Å². The molecule has 0 aliphatic carbocycles. The van der Waals surface area contributed by atoms with Crippen molar-refractivity contribution in [3.05, 3.63) is 0 Å². The van der Waals surface area contributed by atoms with Crippen LogP contribution in [-0.4, -0.2) is 47.1 Å². The van der Waals surface area contributed by atoms with E-state index < -0.39 is 24.0 Å². The number of amides is 2. The summed E-state index contributed by atoms with van der Waals surface area (Å²) < 4.78 is 37.8. The van der Waals surface area contributed by atoms with Gasteiger partial charge in [-0.3, -0.25) is 9.59 Å². The zero-order valence-electron chi connectivity index (χ0n) is 9.50. The third-order valence-electron chi connectivity index (χ3n) is 3.17. The Kier molecular flexibility index (Phi) is 3.74. The first-order valence-corrected chi connectivity index (χ1v) is 6.65. The fraction of sp³-hybridized carbons (Fsp3) is 0.800. The highest BCUT2D eigenvalue weighted by molar-refractivity contribution is 8.14. The van der Waals surface area contributed by atoms with E-state index in [1.807, 2.05) is 0 Å². The van der Waals surface area contributed by atoms with Crippen molar-refractivity contribution >= 4 is 22.9 Å². The van der Waals surface area contributed by atoms with Gasteiger partial charge in [0.05, 0.1) is 5.92 Å². The molecule has 2 unspecified atom stereocenters. The number of hydrogen-bond acceptors (Lipinski definition) is 3. The summed E-state index contributed by atoms with van der Waals surface area (Å²) >= 11 is 0.984. The predicted octanol–water partition coefficient (Wildman–Crippen LogP) is 1.61. The molecule has 2 fully saturated rings. The molecule has 2 aliphatic rings. The second-order valence-electron chi connectivity index (χ2n) is 4.46. The number of hydrogen-bond donors (Lipinski definition) is 1. The van der Waals surface area contributed by atoms with Gasteiger partial charge in [-0.25, -0.2) is 0 Å². The van der Waals surface area contributed by atoms with Crippen molar-refractivity contribution in [1.29, 1.82) is 0 Å². The Morgan fingerprint density at radius 2 is 2.17 bits per heavy atom. The lowest BCUT2D eigenvalue weighted by atomic mass is 9.97. The number of thioether (sulfide) groups is 1. The number of carbonyl (C=O) groups excluding carboxylic acids is 2. The smallest absolute Gasteiger partial charge is 0.340 e. The van der Waals surface area contributed by atoms with Gasteiger partial charge in [-0.2, -0.15) is 13.2 Å². The number of likely N-dealkylation sites (tertiary alicyclic amines) is 1. The van der Waals surface area contributed by atoms with Gasteiger partial charge in [0.25, 0.3) is 5.24 Å². The molecule has 2 heterocycles. The second kappa shape index (κ2) is 4.99. The summed E-state index contributed by atoms with van der Waals surface area (Å²) in [5.41, 5.74) is 0. The Morgan fingerprint density at radius 3 is 2.72 bits per heavy atom. The van der Waals surface area contributed by atoms with Crippen LogP contribution in [0.4, 0.5) is 18.0 Å². The van der Waals surface area contributed by atoms with E-state index in [1.54, 1.807) is 0 Å². The van der Waals surface area contributed by atoms with Crippen molar-refractivity contribution in [2.45, 2.75) is 25.1 Å². The average Bonchev–Trinajstić information content (AvgIpc) is 2.74. The molecule has 8 heteroatoms. The molecule has 0 aromatic rings. The fourth-order valence-electron chi connectivity index (χ4n) is 2.18. The number of rotatable bonds is 1. The number of nitrogens with zero attached hydrogens (tertiary/aromatic N) is 1. The number of alkyl halides is 3. The first-order chi connectivity index (χ1) is 8.38. The molecular weight excluding hydrogens is 269 g/mol.